The molecule has 1 saturated carbocycles. The lowest BCUT2D eigenvalue weighted by molar-refractivity contribution is -0.141. The van der Waals surface area contributed by atoms with Gasteiger partial charge in [0.15, 0.2) is 14.6 Å². The molecule has 0 aromatic heterocycles. The number of rotatable bonds is 7. The van der Waals surface area contributed by atoms with Crippen LogP contribution in [-0.4, -0.2) is 48.8 Å². The number of benzene rings is 2. The molecule has 2 aromatic carbocycles. The number of carboxylic acids is 1. The van der Waals surface area contributed by atoms with E-state index < -0.39 is 20.6 Å². The van der Waals surface area contributed by atoms with Gasteiger partial charge in [-0.25, -0.2) is 8.42 Å². The molecule has 0 unspecified atom stereocenters. The molecule has 1 N–H and O–H groups in total. The van der Waals surface area contributed by atoms with Crippen molar-refractivity contribution in [3.63, 3.8) is 0 Å². The molecule has 2 aromatic rings. The Bertz CT molecular complexity index is 960. The minimum Gasteiger partial charge on any atom is -0.480 e. The lowest BCUT2D eigenvalue weighted by atomic mass is 9.95. The molecule has 154 valence electrons. The highest BCUT2D eigenvalue weighted by Gasteiger charge is 2.53. The van der Waals surface area contributed by atoms with Crippen molar-refractivity contribution < 1.29 is 23.1 Å². The standard InChI is InChI=1S/C22H25NO5S/c24-21(25)22(12-14-23(15-13-22)16-17-6-7-17)29(26,27)20-10-8-19(9-11-20)28-18-4-2-1-3-5-18/h1-5,8-11,17H,6-7,12-16H2,(H,24,25). The van der Waals surface area contributed by atoms with E-state index in [1.807, 2.05) is 18.2 Å². The first-order chi connectivity index (χ1) is 13.9. The molecule has 1 aliphatic heterocycles. The normalized spacial score (nSPS) is 19.6. The second kappa shape index (κ2) is 7.80. The smallest absolute Gasteiger partial charge is 0.325 e. The highest BCUT2D eigenvalue weighted by atomic mass is 32.2. The fourth-order valence-corrected chi connectivity index (χ4v) is 5.79. The van der Waals surface area contributed by atoms with E-state index in [0.717, 1.165) is 6.54 Å². The molecule has 1 saturated heterocycles. The zero-order valence-corrected chi connectivity index (χ0v) is 17.0. The fraction of sp³-hybridized carbons (Fsp3) is 0.409. The van der Waals surface area contributed by atoms with Gasteiger partial charge in [-0.05, 0) is 68.0 Å². The van der Waals surface area contributed by atoms with Gasteiger partial charge in [-0.15, -0.1) is 0 Å². The summed E-state index contributed by atoms with van der Waals surface area (Å²) in [6.07, 6.45) is 2.66. The zero-order chi connectivity index (χ0) is 20.5. The average Bonchev–Trinajstić information content (AvgIpc) is 3.53. The number of hydrogen-bond donors (Lipinski definition) is 1. The van der Waals surface area contributed by atoms with E-state index in [1.54, 1.807) is 24.3 Å². The maximum atomic E-state index is 13.3. The number of carboxylic acid groups (broad SMARTS) is 1. The molecule has 7 heteroatoms. The molecular formula is C22H25NO5S. The van der Waals surface area contributed by atoms with E-state index in [1.165, 1.54) is 25.0 Å². The topological polar surface area (TPSA) is 83.9 Å². The molecule has 6 nitrogen and oxygen atoms in total. The van der Waals surface area contributed by atoms with Gasteiger partial charge in [-0.2, -0.15) is 0 Å². The highest BCUT2D eigenvalue weighted by Crippen LogP contribution is 2.38. The Hall–Kier alpha value is -2.38. The lowest BCUT2D eigenvalue weighted by Gasteiger charge is -2.38. The average molecular weight is 416 g/mol. The lowest BCUT2D eigenvalue weighted by Crippen LogP contribution is -2.54. The number of carbonyl (C=O) groups is 1. The van der Waals surface area contributed by atoms with Crippen LogP contribution in [0.2, 0.25) is 0 Å². The number of para-hydroxylation sites is 1. The van der Waals surface area contributed by atoms with Crippen molar-refractivity contribution >= 4 is 15.8 Å². The van der Waals surface area contributed by atoms with E-state index in [2.05, 4.69) is 4.90 Å². The van der Waals surface area contributed by atoms with Gasteiger partial charge in [0.25, 0.3) is 0 Å². The molecule has 0 bridgehead atoms. The van der Waals surface area contributed by atoms with Crippen molar-refractivity contribution in [2.24, 2.45) is 5.92 Å². The SMILES string of the molecule is O=C(O)C1(S(=O)(=O)c2ccc(Oc3ccccc3)cc2)CCN(CC2CC2)CC1. The van der Waals surface area contributed by atoms with Crippen LogP contribution in [0.5, 0.6) is 11.5 Å². The van der Waals surface area contributed by atoms with E-state index >= 15 is 0 Å². The summed E-state index contributed by atoms with van der Waals surface area (Å²) in [5, 5.41) is 9.89. The van der Waals surface area contributed by atoms with Gasteiger partial charge in [0.1, 0.15) is 11.5 Å². The summed E-state index contributed by atoms with van der Waals surface area (Å²) in [5.74, 6) is 0.584. The maximum Gasteiger partial charge on any atom is 0.325 e. The first kappa shape index (κ1) is 19.9. The minimum atomic E-state index is -4.03. The third kappa shape index (κ3) is 4.02. The summed E-state index contributed by atoms with van der Waals surface area (Å²) in [6.45, 7) is 1.94. The van der Waals surface area contributed by atoms with Crippen molar-refractivity contribution in [2.75, 3.05) is 19.6 Å². The molecule has 0 radical (unpaired) electrons. The van der Waals surface area contributed by atoms with Crippen LogP contribution in [0.4, 0.5) is 0 Å². The van der Waals surface area contributed by atoms with Crippen molar-refractivity contribution in [3.05, 3.63) is 54.6 Å². The molecule has 1 heterocycles. The van der Waals surface area contributed by atoms with Gasteiger partial charge >= 0.3 is 5.97 Å². The Balaban J connectivity index is 1.53. The summed E-state index contributed by atoms with van der Waals surface area (Å²) in [5.41, 5.74) is 0. The van der Waals surface area contributed by atoms with Gasteiger partial charge < -0.3 is 14.7 Å². The molecule has 0 atom stereocenters. The molecular weight excluding hydrogens is 390 g/mol. The first-order valence-electron chi connectivity index (χ1n) is 9.94. The molecule has 29 heavy (non-hydrogen) atoms. The van der Waals surface area contributed by atoms with Crippen LogP contribution in [0.3, 0.4) is 0 Å². The molecule has 1 aliphatic carbocycles. The number of aliphatic carboxylic acids is 1. The number of sulfone groups is 1. The Morgan fingerprint density at radius 3 is 2.14 bits per heavy atom. The molecule has 2 aliphatic rings. The predicted octanol–water partition coefficient (Wildman–Crippen LogP) is 3.58. The predicted molar refractivity (Wildman–Crippen MR) is 109 cm³/mol. The molecule has 0 spiro atoms. The fourth-order valence-electron chi connectivity index (χ4n) is 3.90. The molecule has 2 fully saturated rings. The van der Waals surface area contributed by atoms with Crippen LogP contribution in [0.1, 0.15) is 25.7 Å². The van der Waals surface area contributed by atoms with Crippen LogP contribution >= 0.6 is 0 Å². The van der Waals surface area contributed by atoms with Gasteiger partial charge in [0.2, 0.25) is 0 Å². The van der Waals surface area contributed by atoms with Crippen LogP contribution in [0, 0.1) is 5.92 Å². The molecule has 0 amide bonds. The number of piperidine rings is 1. The van der Waals surface area contributed by atoms with E-state index in [-0.39, 0.29) is 17.7 Å². The monoisotopic (exact) mass is 415 g/mol. The van der Waals surface area contributed by atoms with Crippen LogP contribution in [0.25, 0.3) is 0 Å². The Morgan fingerprint density at radius 1 is 1.00 bits per heavy atom. The summed E-state index contributed by atoms with van der Waals surface area (Å²) in [7, 11) is -4.03. The largest absolute Gasteiger partial charge is 0.480 e. The third-order valence-corrected chi connectivity index (χ3v) is 8.40. The number of ether oxygens (including phenoxy) is 1. The van der Waals surface area contributed by atoms with Gasteiger partial charge in [-0.3, -0.25) is 4.79 Å². The third-order valence-electron chi connectivity index (χ3n) is 5.89. The Kier molecular flexibility index (Phi) is 5.36. The van der Waals surface area contributed by atoms with Gasteiger partial charge in [-0.1, -0.05) is 18.2 Å². The summed E-state index contributed by atoms with van der Waals surface area (Å²) in [6, 6.07) is 15.2. The molecule has 4 rings (SSSR count). The summed E-state index contributed by atoms with van der Waals surface area (Å²) in [4.78, 5) is 14.3. The zero-order valence-electron chi connectivity index (χ0n) is 16.2. The van der Waals surface area contributed by atoms with Gasteiger partial charge in [0, 0.05) is 19.6 Å². The van der Waals surface area contributed by atoms with Crippen molar-refractivity contribution in [1.82, 2.24) is 4.90 Å². The number of hydrogen-bond acceptors (Lipinski definition) is 5. The number of nitrogens with zero attached hydrogens (tertiary/aromatic N) is 1. The van der Waals surface area contributed by atoms with Crippen molar-refractivity contribution in [3.8, 4) is 11.5 Å². The second-order valence-electron chi connectivity index (χ2n) is 7.93. The van der Waals surface area contributed by atoms with Crippen LogP contribution in [-0.2, 0) is 14.6 Å². The van der Waals surface area contributed by atoms with Crippen LogP contribution < -0.4 is 4.74 Å². The van der Waals surface area contributed by atoms with Crippen molar-refractivity contribution in [1.29, 1.82) is 0 Å². The van der Waals surface area contributed by atoms with E-state index in [9.17, 15) is 18.3 Å². The van der Waals surface area contributed by atoms with Crippen LogP contribution in [0.15, 0.2) is 59.5 Å². The number of likely N-dealkylation sites (tertiary alicyclic amines) is 1. The van der Waals surface area contributed by atoms with Gasteiger partial charge in [0.05, 0.1) is 4.90 Å². The maximum absolute atomic E-state index is 13.3. The highest BCUT2D eigenvalue weighted by molar-refractivity contribution is 7.93. The minimum absolute atomic E-state index is 0.0240. The Labute approximate surface area is 171 Å². The van der Waals surface area contributed by atoms with E-state index in [0.29, 0.717) is 30.5 Å². The Morgan fingerprint density at radius 2 is 1.59 bits per heavy atom. The quantitative estimate of drug-likeness (QED) is 0.744. The second-order valence-corrected chi connectivity index (χ2v) is 10.2. The summed E-state index contributed by atoms with van der Waals surface area (Å²) >= 11 is 0. The van der Waals surface area contributed by atoms with E-state index in [4.69, 9.17) is 4.74 Å². The van der Waals surface area contributed by atoms with Crippen molar-refractivity contribution in [2.45, 2.75) is 35.3 Å². The summed E-state index contributed by atoms with van der Waals surface area (Å²) < 4.78 is 30.6. The first-order valence-corrected chi connectivity index (χ1v) is 11.4.